The maximum atomic E-state index is 13.1. The molecule has 1 atom stereocenters. The number of carbonyl (C=O) groups excluding carboxylic acids is 1. The number of aliphatic hydroxyl groups excluding tert-OH is 1. The van der Waals surface area contributed by atoms with Crippen LogP contribution in [0.5, 0.6) is 17.2 Å². The van der Waals surface area contributed by atoms with Crippen molar-refractivity contribution >= 4 is 5.91 Å². The maximum absolute atomic E-state index is 13.1. The molecule has 4 rings (SSSR count). The molecule has 1 amide bonds. The van der Waals surface area contributed by atoms with Crippen molar-refractivity contribution in [2.45, 2.75) is 38.7 Å². The fourth-order valence-electron chi connectivity index (χ4n) is 5.39. The van der Waals surface area contributed by atoms with E-state index < -0.39 is 0 Å². The van der Waals surface area contributed by atoms with E-state index in [4.69, 9.17) is 14.2 Å². The van der Waals surface area contributed by atoms with Gasteiger partial charge in [0.25, 0.3) is 0 Å². The van der Waals surface area contributed by atoms with Gasteiger partial charge in [-0.2, -0.15) is 0 Å². The molecule has 1 saturated heterocycles. The van der Waals surface area contributed by atoms with Gasteiger partial charge in [-0.05, 0) is 73.0 Å². The van der Waals surface area contributed by atoms with Crippen molar-refractivity contribution < 1.29 is 24.1 Å². The van der Waals surface area contributed by atoms with Crippen LogP contribution in [0.3, 0.4) is 0 Å². The van der Waals surface area contributed by atoms with E-state index in [-0.39, 0.29) is 12.5 Å². The molecular weight excluding hydrogens is 444 g/mol. The standard InChI is InChI=1S/C28H38N2O5/c1-33-25-13-20(6-7-23(25)19-31)8-11-29-10-4-5-21(17-29)18-30-12-9-22-14-26(34-2)27(35-3)15-24(22)16-28(30)32/h6-7,13-15,21,31H,4-5,8-12,16-19H2,1-3H3/t21-/m0/s1. The van der Waals surface area contributed by atoms with Crippen LogP contribution < -0.4 is 14.2 Å². The summed E-state index contributed by atoms with van der Waals surface area (Å²) in [5.74, 6) is 2.84. The fourth-order valence-corrected chi connectivity index (χ4v) is 5.39. The van der Waals surface area contributed by atoms with Gasteiger partial charge in [0.15, 0.2) is 11.5 Å². The predicted octanol–water partition coefficient (Wildman–Crippen LogP) is 3.09. The van der Waals surface area contributed by atoms with Crippen molar-refractivity contribution in [2.24, 2.45) is 5.92 Å². The van der Waals surface area contributed by atoms with Gasteiger partial charge in [0.2, 0.25) is 5.91 Å². The van der Waals surface area contributed by atoms with Gasteiger partial charge in [0, 0.05) is 31.7 Å². The second-order valence-corrected chi connectivity index (χ2v) is 9.61. The monoisotopic (exact) mass is 482 g/mol. The minimum Gasteiger partial charge on any atom is -0.496 e. The van der Waals surface area contributed by atoms with E-state index in [9.17, 15) is 9.90 Å². The Bertz CT molecular complexity index is 1020. The summed E-state index contributed by atoms with van der Waals surface area (Å²) in [4.78, 5) is 17.7. The first-order valence-electron chi connectivity index (χ1n) is 12.5. The average Bonchev–Trinajstić information content (AvgIpc) is 3.04. The van der Waals surface area contributed by atoms with Crippen LogP contribution in [-0.4, -0.2) is 74.9 Å². The molecule has 0 saturated carbocycles. The third kappa shape index (κ3) is 6.08. The zero-order valence-electron chi connectivity index (χ0n) is 21.2. The van der Waals surface area contributed by atoms with Crippen molar-refractivity contribution in [3.05, 3.63) is 52.6 Å². The number of hydrogen-bond acceptors (Lipinski definition) is 6. The summed E-state index contributed by atoms with van der Waals surface area (Å²) in [6, 6.07) is 10.0. The minimum atomic E-state index is -0.0152. The number of rotatable bonds is 9. The number of ether oxygens (including phenoxy) is 3. The van der Waals surface area contributed by atoms with E-state index in [0.717, 1.165) is 81.0 Å². The normalized spacial score (nSPS) is 18.7. The lowest BCUT2D eigenvalue weighted by atomic mass is 9.96. The molecule has 2 aliphatic rings. The smallest absolute Gasteiger partial charge is 0.227 e. The van der Waals surface area contributed by atoms with Gasteiger partial charge in [-0.25, -0.2) is 0 Å². The lowest BCUT2D eigenvalue weighted by Gasteiger charge is -2.35. The summed E-state index contributed by atoms with van der Waals surface area (Å²) < 4.78 is 16.3. The largest absolute Gasteiger partial charge is 0.496 e. The molecule has 0 aromatic heterocycles. The molecule has 1 N–H and O–H groups in total. The average molecular weight is 483 g/mol. The van der Waals surface area contributed by atoms with Crippen LogP contribution in [0.2, 0.25) is 0 Å². The first-order chi connectivity index (χ1) is 17.0. The van der Waals surface area contributed by atoms with E-state index in [1.165, 1.54) is 11.1 Å². The number of amides is 1. The van der Waals surface area contributed by atoms with Crippen molar-refractivity contribution in [1.82, 2.24) is 9.80 Å². The summed E-state index contributed by atoms with van der Waals surface area (Å²) in [7, 11) is 4.92. The summed E-state index contributed by atoms with van der Waals surface area (Å²) in [5, 5.41) is 9.45. The fraction of sp³-hybridized carbons (Fsp3) is 0.536. The Morgan fingerprint density at radius 3 is 2.43 bits per heavy atom. The third-order valence-corrected chi connectivity index (χ3v) is 7.37. The van der Waals surface area contributed by atoms with E-state index in [1.807, 2.05) is 24.3 Å². The molecule has 1 fully saturated rings. The molecule has 35 heavy (non-hydrogen) atoms. The summed E-state index contributed by atoms with van der Waals surface area (Å²) in [6.07, 6.45) is 4.51. The molecule has 0 unspecified atom stereocenters. The second kappa shape index (κ2) is 11.8. The number of benzene rings is 2. The van der Waals surface area contributed by atoms with Crippen LogP contribution in [0.1, 0.15) is 35.1 Å². The predicted molar refractivity (Wildman–Crippen MR) is 135 cm³/mol. The van der Waals surface area contributed by atoms with Gasteiger partial charge in [-0.1, -0.05) is 12.1 Å². The van der Waals surface area contributed by atoms with Crippen LogP contribution in [0, 0.1) is 5.92 Å². The number of likely N-dealkylation sites (tertiary alicyclic amines) is 1. The molecule has 2 aliphatic heterocycles. The van der Waals surface area contributed by atoms with Gasteiger partial charge in [0.05, 0.1) is 34.4 Å². The number of carbonyl (C=O) groups is 1. The van der Waals surface area contributed by atoms with E-state index in [2.05, 4.69) is 15.9 Å². The zero-order chi connectivity index (χ0) is 24.8. The number of hydrogen-bond donors (Lipinski definition) is 1. The van der Waals surface area contributed by atoms with Crippen molar-refractivity contribution in [3.8, 4) is 17.2 Å². The summed E-state index contributed by atoms with van der Waals surface area (Å²) >= 11 is 0. The van der Waals surface area contributed by atoms with Crippen LogP contribution in [0.25, 0.3) is 0 Å². The topological polar surface area (TPSA) is 71.5 Å². The minimum absolute atomic E-state index is 0.0152. The highest BCUT2D eigenvalue weighted by molar-refractivity contribution is 5.80. The Balaban J connectivity index is 1.33. The first-order valence-corrected chi connectivity index (χ1v) is 12.5. The number of aliphatic hydroxyl groups is 1. The molecule has 0 spiro atoms. The highest BCUT2D eigenvalue weighted by Crippen LogP contribution is 2.33. The highest BCUT2D eigenvalue weighted by atomic mass is 16.5. The Morgan fingerprint density at radius 2 is 1.71 bits per heavy atom. The first kappa shape index (κ1) is 25.3. The molecule has 0 radical (unpaired) electrons. The molecule has 7 nitrogen and oxygen atoms in total. The Hall–Kier alpha value is -2.77. The van der Waals surface area contributed by atoms with Gasteiger partial charge in [0.1, 0.15) is 5.75 Å². The van der Waals surface area contributed by atoms with Crippen molar-refractivity contribution in [1.29, 1.82) is 0 Å². The van der Waals surface area contributed by atoms with Gasteiger partial charge < -0.3 is 29.1 Å². The molecule has 0 bridgehead atoms. The number of nitrogens with zero attached hydrogens (tertiary/aromatic N) is 2. The number of piperidine rings is 1. The maximum Gasteiger partial charge on any atom is 0.227 e. The number of methoxy groups -OCH3 is 3. The van der Waals surface area contributed by atoms with Crippen molar-refractivity contribution in [2.75, 3.05) is 54.1 Å². The van der Waals surface area contributed by atoms with Crippen LogP contribution >= 0.6 is 0 Å². The van der Waals surface area contributed by atoms with Crippen LogP contribution in [-0.2, 0) is 30.7 Å². The van der Waals surface area contributed by atoms with E-state index >= 15 is 0 Å². The Kier molecular flexibility index (Phi) is 8.52. The van der Waals surface area contributed by atoms with Gasteiger partial charge >= 0.3 is 0 Å². The van der Waals surface area contributed by atoms with Gasteiger partial charge in [-0.3, -0.25) is 4.79 Å². The Morgan fingerprint density at radius 1 is 0.971 bits per heavy atom. The van der Waals surface area contributed by atoms with Gasteiger partial charge in [-0.15, -0.1) is 0 Å². The zero-order valence-corrected chi connectivity index (χ0v) is 21.2. The summed E-state index contributed by atoms with van der Waals surface area (Å²) in [5.41, 5.74) is 4.25. The quantitative estimate of drug-likeness (QED) is 0.592. The van der Waals surface area contributed by atoms with Crippen LogP contribution in [0.4, 0.5) is 0 Å². The number of fused-ring (bicyclic) bond motifs is 1. The second-order valence-electron chi connectivity index (χ2n) is 9.61. The molecule has 2 aromatic carbocycles. The molecular formula is C28H38N2O5. The molecule has 7 heteroatoms. The van der Waals surface area contributed by atoms with E-state index in [1.54, 1.807) is 21.3 Å². The molecule has 0 aliphatic carbocycles. The molecule has 2 aromatic rings. The highest BCUT2D eigenvalue weighted by Gasteiger charge is 2.27. The van der Waals surface area contributed by atoms with Crippen molar-refractivity contribution in [3.63, 3.8) is 0 Å². The molecule has 2 heterocycles. The SMILES string of the molecule is COc1cc(CCN2CCC[C@H](CN3CCc4cc(OC)c(OC)cc4CC3=O)C2)ccc1CO. The van der Waals surface area contributed by atoms with E-state index in [0.29, 0.717) is 18.1 Å². The lowest BCUT2D eigenvalue weighted by molar-refractivity contribution is -0.131. The Labute approximate surface area is 208 Å². The summed E-state index contributed by atoms with van der Waals surface area (Å²) in [6.45, 7) is 4.65. The third-order valence-electron chi connectivity index (χ3n) is 7.37. The lowest BCUT2D eigenvalue weighted by Crippen LogP contribution is -2.44. The molecule has 190 valence electrons. The van der Waals surface area contributed by atoms with Crippen LogP contribution in [0.15, 0.2) is 30.3 Å².